The van der Waals surface area contributed by atoms with Crippen LogP contribution in [0.5, 0.6) is 0 Å². The summed E-state index contributed by atoms with van der Waals surface area (Å²) in [4.78, 5) is 36.8. The van der Waals surface area contributed by atoms with E-state index in [1.807, 2.05) is 0 Å². The molecule has 0 saturated heterocycles. The third-order valence-corrected chi connectivity index (χ3v) is 6.43. The zero-order valence-electron chi connectivity index (χ0n) is 15.1. The minimum atomic E-state index is -4.06. The molecule has 1 heterocycles. The first-order valence-corrected chi connectivity index (χ1v) is 10.1. The van der Waals surface area contributed by atoms with E-state index in [2.05, 4.69) is 0 Å². The van der Waals surface area contributed by atoms with Crippen molar-refractivity contribution in [2.45, 2.75) is 9.79 Å². The van der Waals surface area contributed by atoms with Gasteiger partial charge in [0.05, 0.1) is 32.2 Å². The van der Waals surface area contributed by atoms with Crippen LogP contribution in [0.3, 0.4) is 0 Å². The lowest BCUT2D eigenvalue weighted by atomic mass is 10.1. The number of fused-ring (bicyclic) bond motifs is 1. The Morgan fingerprint density at radius 2 is 1.37 bits per heavy atom. The van der Waals surface area contributed by atoms with E-state index >= 15 is 0 Å². The highest BCUT2D eigenvalue weighted by Crippen LogP contribution is 2.31. The number of carbonyl (C=O) groups is 3. The van der Waals surface area contributed by atoms with Gasteiger partial charge in [0.25, 0.3) is 11.8 Å². The van der Waals surface area contributed by atoms with Gasteiger partial charge in [-0.1, -0.05) is 0 Å². The molecule has 7 nitrogen and oxygen atoms in total. The maximum Gasteiger partial charge on any atom is 0.335 e. The zero-order chi connectivity index (χ0) is 21.6. The Labute approximate surface area is 169 Å². The Morgan fingerprint density at radius 1 is 0.800 bits per heavy atom. The van der Waals surface area contributed by atoms with Crippen molar-refractivity contribution in [3.8, 4) is 0 Å². The van der Waals surface area contributed by atoms with E-state index in [9.17, 15) is 27.2 Å². The number of carboxylic acids is 1. The quantitative estimate of drug-likeness (QED) is 0.643. The van der Waals surface area contributed by atoms with Crippen molar-refractivity contribution >= 4 is 33.3 Å². The third-order valence-electron chi connectivity index (χ3n) is 4.66. The van der Waals surface area contributed by atoms with Crippen LogP contribution in [-0.2, 0) is 9.84 Å². The number of rotatable bonds is 4. The summed E-state index contributed by atoms with van der Waals surface area (Å²) in [6.45, 7) is 0. The summed E-state index contributed by atoms with van der Waals surface area (Å²) in [5.41, 5.74) is 0.0342. The van der Waals surface area contributed by atoms with Gasteiger partial charge in [-0.2, -0.15) is 0 Å². The fraction of sp³-hybridized carbons (Fsp3) is 0. The zero-order valence-corrected chi connectivity index (χ0v) is 15.9. The van der Waals surface area contributed by atoms with Crippen LogP contribution in [0.25, 0.3) is 0 Å². The highest BCUT2D eigenvalue weighted by Gasteiger charge is 2.37. The molecule has 30 heavy (non-hydrogen) atoms. The van der Waals surface area contributed by atoms with Gasteiger partial charge in [-0.25, -0.2) is 22.5 Å². The number of nitrogens with zero attached hydrogens (tertiary/aromatic N) is 1. The standard InChI is InChI=1S/C21H12FNO6S/c22-13-3-5-14(6-4-13)23-19(24)17-10-9-16(11-18(17)20(23)25)30(28,29)15-7-1-12(2-8-15)21(26)27/h1-11H,(H,26,27). The summed E-state index contributed by atoms with van der Waals surface area (Å²) in [5.74, 6) is -3.09. The van der Waals surface area contributed by atoms with Crippen molar-refractivity contribution in [1.29, 1.82) is 0 Å². The van der Waals surface area contributed by atoms with Crippen LogP contribution in [0.15, 0.2) is 76.5 Å². The number of imide groups is 1. The minimum absolute atomic E-state index is 0.0319. The fourth-order valence-corrected chi connectivity index (χ4v) is 4.41. The molecule has 9 heteroatoms. The monoisotopic (exact) mass is 425 g/mol. The number of hydrogen-bond acceptors (Lipinski definition) is 5. The van der Waals surface area contributed by atoms with Gasteiger partial charge in [-0.05, 0) is 66.7 Å². The van der Waals surface area contributed by atoms with Crippen LogP contribution < -0.4 is 4.90 Å². The topological polar surface area (TPSA) is 109 Å². The molecule has 1 N–H and O–H groups in total. The highest BCUT2D eigenvalue weighted by molar-refractivity contribution is 7.91. The summed E-state index contributed by atoms with van der Waals surface area (Å²) in [6, 6.07) is 13.0. The predicted molar refractivity (Wildman–Crippen MR) is 103 cm³/mol. The van der Waals surface area contributed by atoms with Crippen LogP contribution >= 0.6 is 0 Å². The molecule has 0 radical (unpaired) electrons. The first kappa shape index (κ1) is 19.5. The second-order valence-electron chi connectivity index (χ2n) is 6.46. The third kappa shape index (κ3) is 3.05. The van der Waals surface area contributed by atoms with Gasteiger partial charge in [0, 0.05) is 0 Å². The number of aromatic carboxylic acids is 1. The lowest BCUT2D eigenvalue weighted by Gasteiger charge is -2.13. The predicted octanol–water partition coefficient (Wildman–Crippen LogP) is 3.16. The van der Waals surface area contributed by atoms with Crippen molar-refractivity contribution < 1.29 is 32.3 Å². The Kier molecular flexibility index (Phi) is 4.47. The normalized spacial score (nSPS) is 13.4. The van der Waals surface area contributed by atoms with E-state index in [-0.39, 0.29) is 32.2 Å². The van der Waals surface area contributed by atoms with E-state index in [4.69, 9.17) is 5.11 Å². The van der Waals surface area contributed by atoms with Gasteiger partial charge in [-0.15, -0.1) is 0 Å². The van der Waals surface area contributed by atoms with E-state index in [0.29, 0.717) is 0 Å². The first-order chi connectivity index (χ1) is 14.2. The SMILES string of the molecule is O=C(O)c1ccc(S(=O)(=O)c2ccc3c(c2)C(=O)N(c2ccc(F)cc2)C3=O)cc1. The van der Waals surface area contributed by atoms with Crippen molar-refractivity contribution in [2.24, 2.45) is 0 Å². The highest BCUT2D eigenvalue weighted by atomic mass is 32.2. The van der Waals surface area contributed by atoms with E-state index in [1.165, 1.54) is 24.3 Å². The molecule has 3 aromatic carbocycles. The van der Waals surface area contributed by atoms with Crippen LogP contribution in [0.1, 0.15) is 31.1 Å². The number of carboxylic acid groups (broad SMARTS) is 1. The number of anilines is 1. The fourth-order valence-electron chi connectivity index (χ4n) is 3.12. The van der Waals surface area contributed by atoms with Crippen LogP contribution in [-0.4, -0.2) is 31.3 Å². The van der Waals surface area contributed by atoms with Crippen molar-refractivity contribution in [2.75, 3.05) is 4.90 Å². The van der Waals surface area contributed by atoms with Crippen LogP contribution in [0.4, 0.5) is 10.1 Å². The Hall–Kier alpha value is -3.85. The molecule has 3 aromatic rings. The van der Waals surface area contributed by atoms with Gasteiger partial charge in [-0.3, -0.25) is 9.59 Å². The molecule has 0 fully saturated rings. The summed E-state index contributed by atoms with van der Waals surface area (Å²) < 4.78 is 38.9. The summed E-state index contributed by atoms with van der Waals surface area (Å²) >= 11 is 0. The smallest absolute Gasteiger partial charge is 0.335 e. The molecule has 1 aliphatic heterocycles. The molecule has 2 amide bonds. The average molecular weight is 425 g/mol. The van der Waals surface area contributed by atoms with E-state index in [0.717, 1.165) is 47.4 Å². The van der Waals surface area contributed by atoms with Crippen LogP contribution in [0, 0.1) is 5.82 Å². The number of hydrogen-bond donors (Lipinski definition) is 1. The molecule has 0 aliphatic carbocycles. The minimum Gasteiger partial charge on any atom is -0.478 e. The number of benzene rings is 3. The molecule has 0 atom stereocenters. The average Bonchev–Trinajstić information content (AvgIpc) is 2.99. The van der Waals surface area contributed by atoms with Gasteiger partial charge >= 0.3 is 5.97 Å². The Balaban J connectivity index is 1.73. The van der Waals surface area contributed by atoms with Crippen LogP contribution in [0.2, 0.25) is 0 Å². The number of halogens is 1. The van der Waals surface area contributed by atoms with E-state index < -0.39 is 33.4 Å². The second kappa shape index (κ2) is 6.89. The Bertz CT molecular complexity index is 1310. The molecule has 0 unspecified atom stereocenters. The summed E-state index contributed by atoms with van der Waals surface area (Å²) in [5, 5.41) is 8.95. The Morgan fingerprint density at radius 3 is 1.97 bits per heavy atom. The number of carbonyl (C=O) groups excluding carboxylic acids is 2. The molecule has 0 bridgehead atoms. The second-order valence-corrected chi connectivity index (χ2v) is 8.41. The molecule has 1 aliphatic rings. The maximum atomic E-state index is 13.2. The van der Waals surface area contributed by atoms with Gasteiger partial charge < -0.3 is 5.11 Å². The first-order valence-electron chi connectivity index (χ1n) is 8.57. The summed E-state index contributed by atoms with van der Waals surface area (Å²) in [7, 11) is -4.06. The molecule has 0 spiro atoms. The number of sulfone groups is 1. The van der Waals surface area contributed by atoms with Crippen molar-refractivity contribution in [1.82, 2.24) is 0 Å². The largest absolute Gasteiger partial charge is 0.478 e. The molecular formula is C21H12FNO6S. The van der Waals surface area contributed by atoms with Crippen molar-refractivity contribution in [3.63, 3.8) is 0 Å². The molecule has 4 rings (SSSR count). The lowest BCUT2D eigenvalue weighted by Crippen LogP contribution is -2.29. The van der Waals surface area contributed by atoms with Gasteiger partial charge in [0.1, 0.15) is 5.82 Å². The van der Waals surface area contributed by atoms with Gasteiger partial charge in [0.15, 0.2) is 0 Å². The lowest BCUT2D eigenvalue weighted by molar-refractivity contribution is 0.0696. The maximum absolute atomic E-state index is 13.2. The van der Waals surface area contributed by atoms with E-state index in [1.54, 1.807) is 0 Å². The summed E-state index contributed by atoms with van der Waals surface area (Å²) in [6.07, 6.45) is 0. The molecular weight excluding hydrogens is 413 g/mol. The van der Waals surface area contributed by atoms with Gasteiger partial charge in [0.2, 0.25) is 9.84 Å². The van der Waals surface area contributed by atoms with Crippen molar-refractivity contribution in [3.05, 3.63) is 89.2 Å². The molecule has 0 aromatic heterocycles. The molecule has 150 valence electrons. The number of amides is 2. The molecule has 0 saturated carbocycles.